The van der Waals surface area contributed by atoms with Crippen molar-refractivity contribution in [1.29, 1.82) is 0 Å². The zero-order valence-corrected chi connectivity index (χ0v) is 14.5. The normalized spacial score (nSPS) is 13.1. The molecule has 0 amide bonds. The molecule has 0 aliphatic rings. The van der Waals surface area contributed by atoms with E-state index >= 15 is 0 Å². The van der Waals surface area contributed by atoms with Gasteiger partial charge in [0.15, 0.2) is 0 Å². The molecule has 26 heavy (non-hydrogen) atoms. The van der Waals surface area contributed by atoms with Gasteiger partial charge in [-0.1, -0.05) is 61.5 Å². The summed E-state index contributed by atoms with van der Waals surface area (Å²) in [6, 6.07) is 20.0. The first-order valence-electron chi connectivity index (χ1n) is 8.47. The van der Waals surface area contributed by atoms with Crippen molar-refractivity contribution >= 4 is 23.0 Å². The summed E-state index contributed by atoms with van der Waals surface area (Å²) >= 11 is 0. The van der Waals surface area contributed by atoms with Crippen LogP contribution in [0, 0.1) is 5.92 Å². The summed E-state index contributed by atoms with van der Waals surface area (Å²) in [5.74, 6) is -1.42. The van der Waals surface area contributed by atoms with Gasteiger partial charge in [-0.2, -0.15) is 0 Å². The van der Waals surface area contributed by atoms with E-state index in [2.05, 4.69) is 0 Å². The molecule has 0 spiro atoms. The number of carbonyl (C=O) groups is 2. The first-order chi connectivity index (χ1) is 12.6. The zero-order valence-electron chi connectivity index (χ0n) is 14.5. The lowest BCUT2D eigenvalue weighted by Gasteiger charge is -2.19. The molecule has 4 heteroatoms. The van der Waals surface area contributed by atoms with Crippen LogP contribution in [-0.2, 0) is 20.9 Å². The van der Waals surface area contributed by atoms with Crippen LogP contribution in [0.25, 0.3) is 10.8 Å². The third-order valence-electron chi connectivity index (χ3n) is 4.43. The lowest BCUT2D eigenvalue weighted by atomic mass is 9.87. The summed E-state index contributed by atoms with van der Waals surface area (Å²) in [6.45, 7) is 1.88. The minimum atomic E-state index is -0.672. The number of hydrogen-bond donors (Lipinski definition) is 1. The molecule has 0 bridgehead atoms. The average Bonchev–Trinajstić information content (AvgIpc) is 2.67. The Balaban J connectivity index is 1.86. The van der Waals surface area contributed by atoms with Crippen molar-refractivity contribution in [1.82, 2.24) is 0 Å². The molecule has 132 valence electrons. The fourth-order valence-electron chi connectivity index (χ4n) is 3.00. The highest BCUT2D eigenvalue weighted by molar-refractivity contribution is 5.88. The SMILES string of the molecule is CC(C=O)C(C(=O)OCc1ccccc1)c1ccc2cc(O)ccc2c1. The van der Waals surface area contributed by atoms with Crippen LogP contribution in [0.2, 0.25) is 0 Å². The largest absolute Gasteiger partial charge is 0.508 e. The molecule has 3 aromatic carbocycles. The van der Waals surface area contributed by atoms with Crippen LogP contribution >= 0.6 is 0 Å². The van der Waals surface area contributed by atoms with E-state index in [1.165, 1.54) is 0 Å². The molecule has 0 saturated carbocycles. The number of ether oxygens (including phenoxy) is 1. The minimum absolute atomic E-state index is 0.170. The summed E-state index contributed by atoms with van der Waals surface area (Å²) in [7, 11) is 0. The standard InChI is InChI=1S/C22H20O4/c1-15(13-23)21(22(25)26-14-16-5-3-2-4-6-16)19-8-7-18-12-20(24)10-9-17(18)11-19/h2-13,15,21,24H,14H2,1H3. The van der Waals surface area contributed by atoms with Gasteiger partial charge in [-0.05, 0) is 34.0 Å². The number of esters is 1. The monoisotopic (exact) mass is 348 g/mol. The molecule has 0 heterocycles. The first kappa shape index (κ1) is 17.7. The van der Waals surface area contributed by atoms with Gasteiger partial charge in [0.25, 0.3) is 0 Å². The predicted molar refractivity (Wildman–Crippen MR) is 99.8 cm³/mol. The lowest BCUT2D eigenvalue weighted by molar-refractivity contribution is -0.149. The Hall–Kier alpha value is -3.14. The fourth-order valence-corrected chi connectivity index (χ4v) is 3.00. The summed E-state index contributed by atoms with van der Waals surface area (Å²) in [6.07, 6.45) is 0.773. The third kappa shape index (κ3) is 3.91. The Morgan fingerprint density at radius 3 is 2.46 bits per heavy atom. The number of carbonyl (C=O) groups excluding carboxylic acids is 2. The molecule has 4 nitrogen and oxygen atoms in total. The van der Waals surface area contributed by atoms with Crippen LogP contribution in [0.4, 0.5) is 0 Å². The maximum atomic E-state index is 12.7. The molecule has 0 aliphatic heterocycles. The molecule has 0 aromatic heterocycles. The van der Waals surface area contributed by atoms with E-state index in [4.69, 9.17) is 4.74 Å². The van der Waals surface area contributed by atoms with E-state index in [1.54, 1.807) is 31.2 Å². The van der Waals surface area contributed by atoms with E-state index in [9.17, 15) is 14.7 Å². The van der Waals surface area contributed by atoms with Crippen molar-refractivity contribution in [2.75, 3.05) is 0 Å². The van der Waals surface area contributed by atoms with E-state index in [1.807, 2.05) is 42.5 Å². The van der Waals surface area contributed by atoms with Crippen LogP contribution in [0.1, 0.15) is 24.0 Å². The molecule has 3 rings (SSSR count). The van der Waals surface area contributed by atoms with Crippen LogP contribution in [0.5, 0.6) is 5.75 Å². The summed E-state index contributed by atoms with van der Waals surface area (Å²) in [5.41, 5.74) is 1.62. The average molecular weight is 348 g/mol. The maximum Gasteiger partial charge on any atom is 0.314 e. The van der Waals surface area contributed by atoms with Gasteiger partial charge in [0.1, 0.15) is 18.6 Å². The van der Waals surface area contributed by atoms with Crippen molar-refractivity contribution in [3.63, 3.8) is 0 Å². The van der Waals surface area contributed by atoms with Crippen LogP contribution in [0.3, 0.4) is 0 Å². The number of benzene rings is 3. The van der Waals surface area contributed by atoms with Gasteiger partial charge >= 0.3 is 5.97 Å². The van der Waals surface area contributed by atoms with Gasteiger partial charge in [0, 0.05) is 5.92 Å². The van der Waals surface area contributed by atoms with Crippen molar-refractivity contribution < 1.29 is 19.4 Å². The van der Waals surface area contributed by atoms with E-state index < -0.39 is 17.8 Å². The zero-order chi connectivity index (χ0) is 18.5. The Kier molecular flexibility index (Phi) is 5.32. The first-order valence-corrected chi connectivity index (χ1v) is 8.47. The smallest absolute Gasteiger partial charge is 0.314 e. The molecule has 0 aliphatic carbocycles. The van der Waals surface area contributed by atoms with E-state index in [-0.39, 0.29) is 12.4 Å². The van der Waals surface area contributed by atoms with Gasteiger partial charge in [-0.25, -0.2) is 0 Å². The molecule has 0 radical (unpaired) electrons. The molecular weight excluding hydrogens is 328 g/mol. The number of phenols is 1. The molecule has 2 unspecified atom stereocenters. The van der Waals surface area contributed by atoms with E-state index in [0.29, 0.717) is 0 Å². The summed E-state index contributed by atoms with van der Waals surface area (Å²) < 4.78 is 5.46. The van der Waals surface area contributed by atoms with Crippen LogP contribution in [0.15, 0.2) is 66.7 Å². The number of phenolic OH excluding ortho intramolecular Hbond substituents is 1. The second-order valence-electron chi connectivity index (χ2n) is 6.36. The Morgan fingerprint density at radius 2 is 1.73 bits per heavy atom. The van der Waals surface area contributed by atoms with Gasteiger partial charge in [0.2, 0.25) is 0 Å². The quantitative estimate of drug-likeness (QED) is 0.535. The van der Waals surface area contributed by atoms with Crippen LogP contribution < -0.4 is 0 Å². The molecular formula is C22H20O4. The van der Waals surface area contributed by atoms with Gasteiger partial charge < -0.3 is 14.6 Å². The number of aromatic hydroxyl groups is 1. The second-order valence-corrected chi connectivity index (χ2v) is 6.36. The van der Waals surface area contributed by atoms with E-state index in [0.717, 1.165) is 28.2 Å². The highest BCUT2D eigenvalue weighted by Crippen LogP contribution is 2.29. The molecule has 1 N–H and O–H groups in total. The number of hydrogen-bond acceptors (Lipinski definition) is 4. The lowest BCUT2D eigenvalue weighted by Crippen LogP contribution is -2.23. The van der Waals surface area contributed by atoms with Gasteiger partial charge in [0.05, 0.1) is 5.92 Å². The second kappa shape index (κ2) is 7.83. The molecule has 0 fully saturated rings. The number of rotatable bonds is 6. The van der Waals surface area contributed by atoms with Crippen molar-refractivity contribution in [2.24, 2.45) is 5.92 Å². The Labute approximate surface area is 152 Å². The Bertz CT molecular complexity index is 918. The Morgan fingerprint density at radius 1 is 1.04 bits per heavy atom. The number of fused-ring (bicyclic) bond motifs is 1. The maximum absolute atomic E-state index is 12.7. The summed E-state index contributed by atoms with van der Waals surface area (Å²) in [4.78, 5) is 24.1. The van der Waals surface area contributed by atoms with Crippen molar-refractivity contribution in [3.8, 4) is 5.75 Å². The van der Waals surface area contributed by atoms with Gasteiger partial charge in [-0.3, -0.25) is 4.79 Å². The number of aldehydes is 1. The summed E-state index contributed by atoms with van der Waals surface area (Å²) in [5, 5.41) is 11.3. The highest BCUT2D eigenvalue weighted by atomic mass is 16.5. The van der Waals surface area contributed by atoms with Crippen molar-refractivity contribution in [3.05, 3.63) is 77.9 Å². The molecule has 2 atom stereocenters. The third-order valence-corrected chi connectivity index (χ3v) is 4.43. The van der Waals surface area contributed by atoms with Crippen molar-refractivity contribution in [2.45, 2.75) is 19.4 Å². The topological polar surface area (TPSA) is 63.6 Å². The predicted octanol–water partition coefficient (Wildman–Crippen LogP) is 4.21. The highest BCUT2D eigenvalue weighted by Gasteiger charge is 2.28. The van der Waals surface area contributed by atoms with Gasteiger partial charge in [-0.15, -0.1) is 0 Å². The minimum Gasteiger partial charge on any atom is -0.508 e. The fraction of sp³-hybridized carbons (Fsp3) is 0.182. The molecule has 0 saturated heterocycles. The molecule has 3 aromatic rings. The van der Waals surface area contributed by atoms with Crippen LogP contribution in [-0.4, -0.2) is 17.4 Å².